The molecule has 2 atom stereocenters. The lowest BCUT2D eigenvalue weighted by atomic mass is 9.77. The van der Waals surface area contributed by atoms with E-state index in [0.29, 0.717) is 18.2 Å². The first-order valence-corrected chi connectivity index (χ1v) is 11.2. The van der Waals surface area contributed by atoms with Crippen molar-refractivity contribution in [2.75, 3.05) is 19.6 Å². The van der Waals surface area contributed by atoms with Crippen molar-refractivity contribution in [3.63, 3.8) is 0 Å². The summed E-state index contributed by atoms with van der Waals surface area (Å²) in [5.41, 5.74) is 0.128. The fourth-order valence-electron chi connectivity index (χ4n) is 6.00. The van der Waals surface area contributed by atoms with Crippen LogP contribution >= 0.6 is 0 Å². The third-order valence-corrected chi connectivity index (χ3v) is 7.74. The van der Waals surface area contributed by atoms with E-state index in [0.717, 1.165) is 58.2 Å². The molecular formula is C22H28N4O5. The molecule has 4 aliphatic rings. The van der Waals surface area contributed by atoms with Crippen LogP contribution in [0.25, 0.3) is 0 Å². The second kappa shape index (κ2) is 7.78. The maximum absolute atomic E-state index is 12.8. The zero-order valence-electron chi connectivity index (χ0n) is 17.5. The van der Waals surface area contributed by atoms with Crippen LogP contribution in [0.2, 0.25) is 0 Å². The fourth-order valence-corrected chi connectivity index (χ4v) is 6.00. The summed E-state index contributed by atoms with van der Waals surface area (Å²) in [6.07, 6.45) is 6.32. The highest BCUT2D eigenvalue weighted by Crippen LogP contribution is 2.42. The van der Waals surface area contributed by atoms with Crippen molar-refractivity contribution in [2.45, 2.75) is 63.1 Å². The number of piperidine rings is 2. The first kappa shape index (κ1) is 20.2. The van der Waals surface area contributed by atoms with Gasteiger partial charge in [0.1, 0.15) is 5.75 Å². The average Bonchev–Trinajstić information content (AvgIpc) is 3.25. The summed E-state index contributed by atoms with van der Waals surface area (Å²) >= 11 is 0. The molecule has 1 spiro atoms. The van der Waals surface area contributed by atoms with Crippen molar-refractivity contribution in [2.24, 2.45) is 5.41 Å². The number of carbonyl (C=O) groups excluding carboxylic acids is 2. The average molecular weight is 428 g/mol. The third-order valence-electron chi connectivity index (χ3n) is 7.74. The van der Waals surface area contributed by atoms with E-state index >= 15 is 0 Å². The van der Waals surface area contributed by atoms with Gasteiger partial charge in [0.25, 0.3) is 5.69 Å². The van der Waals surface area contributed by atoms with E-state index in [1.54, 1.807) is 0 Å². The van der Waals surface area contributed by atoms with Gasteiger partial charge in [-0.25, -0.2) is 4.79 Å². The number of likely N-dealkylation sites (tertiary alicyclic amines) is 1. The number of benzene rings is 1. The topological polar surface area (TPSA) is 105 Å². The quantitative estimate of drug-likeness (QED) is 0.586. The molecule has 2 bridgehead atoms. The Kier molecular flexibility index (Phi) is 5.08. The Bertz CT molecular complexity index is 866. The second-order valence-electron chi connectivity index (χ2n) is 9.53. The van der Waals surface area contributed by atoms with E-state index in [-0.39, 0.29) is 35.2 Å². The maximum atomic E-state index is 12.8. The van der Waals surface area contributed by atoms with Crippen LogP contribution in [0, 0.1) is 15.5 Å². The van der Waals surface area contributed by atoms with Gasteiger partial charge in [-0.1, -0.05) is 0 Å². The Morgan fingerprint density at radius 3 is 2.29 bits per heavy atom. The van der Waals surface area contributed by atoms with Crippen molar-refractivity contribution >= 4 is 17.7 Å². The highest BCUT2D eigenvalue weighted by molar-refractivity contribution is 5.79. The molecule has 4 heterocycles. The van der Waals surface area contributed by atoms with Crippen LogP contribution in [-0.4, -0.2) is 64.5 Å². The van der Waals surface area contributed by atoms with E-state index in [9.17, 15) is 19.7 Å². The van der Waals surface area contributed by atoms with Crippen molar-refractivity contribution in [1.82, 2.24) is 15.1 Å². The van der Waals surface area contributed by atoms with Crippen molar-refractivity contribution < 1.29 is 19.2 Å². The Balaban J connectivity index is 1.18. The number of non-ortho nitro benzene ring substituents is 1. The summed E-state index contributed by atoms with van der Waals surface area (Å²) in [5, 5.41) is 13.8. The Morgan fingerprint density at radius 1 is 1.10 bits per heavy atom. The standard InChI is InChI=1S/C22H28N4O5/c27-20-13-22(14-23-20)7-9-24(10-8-22)18-11-16-1-2-17(12-18)25(16)21(28)31-19-5-3-15(4-6-19)26(29)30/h3-6,16-18H,1-2,7-14H2,(H,23,27). The monoisotopic (exact) mass is 428 g/mol. The molecule has 0 aromatic heterocycles. The number of rotatable bonds is 3. The summed E-state index contributed by atoms with van der Waals surface area (Å²) < 4.78 is 5.54. The zero-order chi connectivity index (χ0) is 21.6. The Hall–Kier alpha value is -2.68. The summed E-state index contributed by atoms with van der Waals surface area (Å²) in [6, 6.07) is 6.47. The van der Waals surface area contributed by atoms with Gasteiger partial charge in [-0.05, 0) is 69.2 Å². The van der Waals surface area contributed by atoms with E-state index in [4.69, 9.17) is 4.74 Å². The minimum absolute atomic E-state index is 0.0262. The minimum atomic E-state index is -0.472. The number of hydrogen-bond donors (Lipinski definition) is 1. The number of fused-ring (bicyclic) bond motifs is 2. The summed E-state index contributed by atoms with van der Waals surface area (Å²) in [4.78, 5) is 39.3. The maximum Gasteiger partial charge on any atom is 0.415 e. The molecule has 0 saturated carbocycles. The first-order valence-electron chi connectivity index (χ1n) is 11.2. The van der Waals surface area contributed by atoms with Gasteiger partial charge in [0.15, 0.2) is 0 Å². The van der Waals surface area contributed by atoms with Crippen LogP contribution < -0.4 is 10.1 Å². The molecule has 9 nitrogen and oxygen atoms in total. The van der Waals surface area contributed by atoms with E-state index in [1.165, 1.54) is 24.3 Å². The lowest BCUT2D eigenvalue weighted by Gasteiger charge is -2.46. The van der Waals surface area contributed by atoms with E-state index < -0.39 is 4.92 Å². The first-order chi connectivity index (χ1) is 14.9. The highest BCUT2D eigenvalue weighted by atomic mass is 16.6. The molecule has 2 unspecified atom stereocenters. The molecule has 2 amide bonds. The third kappa shape index (κ3) is 3.86. The van der Waals surface area contributed by atoms with Gasteiger partial charge in [-0.3, -0.25) is 14.9 Å². The highest BCUT2D eigenvalue weighted by Gasteiger charge is 2.47. The van der Waals surface area contributed by atoms with Gasteiger partial charge in [0.05, 0.1) is 4.92 Å². The lowest BCUT2D eigenvalue weighted by molar-refractivity contribution is -0.384. The molecule has 31 heavy (non-hydrogen) atoms. The Morgan fingerprint density at radius 2 is 1.74 bits per heavy atom. The van der Waals surface area contributed by atoms with Gasteiger partial charge in [-0.15, -0.1) is 0 Å². The van der Waals surface area contributed by atoms with Crippen molar-refractivity contribution in [3.05, 3.63) is 34.4 Å². The molecule has 166 valence electrons. The number of amides is 2. The Labute approximate surface area is 180 Å². The van der Waals surface area contributed by atoms with Crippen LogP contribution in [0.15, 0.2) is 24.3 Å². The van der Waals surface area contributed by atoms with Crippen LogP contribution in [-0.2, 0) is 4.79 Å². The number of carbonyl (C=O) groups is 2. The van der Waals surface area contributed by atoms with Crippen LogP contribution in [0.4, 0.5) is 10.5 Å². The number of nitro groups is 1. The van der Waals surface area contributed by atoms with Crippen molar-refractivity contribution in [3.8, 4) is 5.75 Å². The van der Waals surface area contributed by atoms with Gasteiger partial charge in [0.2, 0.25) is 5.91 Å². The molecule has 1 aromatic carbocycles. The molecule has 5 rings (SSSR count). The smallest absolute Gasteiger partial charge is 0.410 e. The molecular weight excluding hydrogens is 400 g/mol. The number of hydrogen-bond acceptors (Lipinski definition) is 6. The van der Waals surface area contributed by atoms with Gasteiger partial charge in [0, 0.05) is 43.2 Å². The lowest BCUT2D eigenvalue weighted by Crippen LogP contribution is -2.55. The van der Waals surface area contributed by atoms with Crippen molar-refractivity contribution in [1.29, 1.82) is 0 Å². The van der Waals surface area contributed by atoms with E-state index in [2.05, 4.69) is 10.2 Å². The summed E-state index contributed by atoms with van der Waals surface area (Å²) in [7, 11) is 0. The molecule has 1 N–H and O–H groups in total. The normalized spacial score (nSPS) is 29.7. The van der Waals surface area contributed by atoms with Crippen LogP contribution in [0.1, 0.15) is 44.9 Å². The molecule has 0 aliphatic carbocycles. The SMILES string of the molecule is O=C1CC2(CCN(C3CC4CCC(C3)N4C(=O)Oc3ccc([N+](=O)[O-])cc3)CC2)CN1. The van der Waals surface area contributed by atoms with E-state index in [1.807, 2.05) is 4.90 Å². The van der Waals surface area contributed by atoms with Crippen LogP contribution in [0.5, 0.6) is 5.75 Å². The van der Waals surface area contributed by atoms with Gasteiger partial charge < -0.3 is 19.9 Å². The predicted octanol–water partition coefficient (Wildman–Crippen LogP) is 2.69. The van der Waals surface area contributed by atoms with Gasteiger partial charge >= 0.3 is 6.09 Å². The fraction of sp³-hybridized carbons (Fsp3) is 0.636. The molecule has 0 radical (unpaired) electrons. The predicted molar refractivity (Wildman–Crippen MR) is 112 cm³/mol. The molecule has 4 saturated heterocycles. The number of nitrogens with one attached hydrogen (secondary N) is 1. The number of nitrogens with zero attached hydrogens (tertiary/aromatic N) is 3. The summed E-state index contributed by atoms with van der Waals surface area (Å²) in [5.74, 6) is 0.518. The van der Waals surface area contributed by atoms with Gasteiger partial charge in [-0.2, -0.15) is 0 Å². The second-order valence-corrected chi connectivity index (χ2v) is 9.53. The molecule has 4 aliphatic heterocycles. The number of nitro benzene ring substituents is 1. The zero-order valence-corrected chi connectivity index (χ0v) is 17.5. The number of ether oxygens (including phenoxy) is 1. The molecule has 4 fully saturated rings. The summed E-state index contributed by atoms with van der Waals surface area (Å²) in [6.45, 7) is 2.86. The van der Waals surface area contributed by atoms with Crippen LogP contribution in [0.3, 0.4) is 0 Å². The molecule has 9 heteroatoms. The molecule has 1 aromatic rings. The largest absolute Gasteiger partial charge is 0.415 e. The minimum Gasteiger partial charge on any atom is -0.410 e.